The monoisotopic (exact) mass is 487 g/mol. The summed E-state index contributed by atoms with van der Waals surface area (Å²) in [6.07, 6.45) is 10.2. The molecule has 1 unspecified atom stereocenters. The van der Waals surface area contributed by atoms with Gasteiger partial charge >= 0.3 is 12.1 Å². The predicted octanol–water partition coefficient (Wildman–Crippen LogP) is 2.58. The van der Waals surface area contributed by atoms with Gasteiger partial charge in [0.05, 0.1) is 13.0 Å². The Hall–Kier alpha value is -2.80. The average Bonchev–Trinajstić information content (AvgIpc) is 3.66. The van der Waals surface area contributed by atoms with E-state index in [2.05, 4.69) is 11.0 Å². The Kier molecular flexibility index (Phi) is 8.16. The molecule has 0 aromatic heterocycles. The first kappa shape index (κ1) is 25.3. The third-order valence-corrected chi connectivity index (χ3v) is 7.73. The van der Waals surface area contributed by atoms with Gasteiger partial charge < -0.3 is 25.4 Å². The van der Waals surface area contributed by atoms with E-state index in [0.29, 0.717) is 31.2 Å². The number of fused-ring (bicyclic) bond motifs is 1. The van der Waals surface area contributed by atoms with Gasteiger partial charge in [0.1, 0.15) is 18.2 Å². The topological polar surface area (TPSA) is 128 Å². The summed E-state index contributed by atoms with van der Waals surface area (Å²) < 4.78 is 10.3. The number of primary amides is 1. The SMILES string of the molecule is COC(=O)[C@H]1CC1=C=CCCCCC[C@H](NC(=O)OC1C[C@@H]2C[C@@H]2C1)C(=O)N1CCC[C@H]1C(N)=O. The van der Waals surface area contributed by atoms with Crippen molar-refractivity contribution in [1.29, 1.82) is 0 Å². The van der Waals surface area contributed by atoms with E-state index in [1.165, 1.54) is 18.4 Å². The number of methoxy groups -OCH3 is 1. The van der Waals surface area contributed by atoms with Crippen LogP contribution in [0.4, 0.5) is 4.79 Å². The number of esters is 1. The summed E-state index contributed by atoms with van der Waals surface area (Å²) >= 11 is 0. The Bertz CT molecular complexity index is 901. The quantitative estimate of drug-likeness (QED) is 0.262. The maximum atomic E-state index is 13.2. The van der Waals surface area contributed by atoms with Crippen LogP contribution in [0.5, 0.6) is 0 Å². The molecule has 1 aliphatic heterocycles. The fourth-order valence-electron chi connectivity index (χ4n) is 5.53. The molecule has 0 radical (unpaired) electrons. The van der Waals surface area contributed by atoms with Gasteiger partial charge in [0.2, 0.25) is 11.8 Å². The normalized spacial score (nSPS) is 29.0. The molecule has 9 nitrogen and oxygen atoms in total. The number of hydrogen-bond donors (Lipinski definition) is 2. The molecule has 1 saturated heterocycles. The number of nitrogens with two attached hydrogens (primary N) is 1. The molecule has 35 heavy (non-hydrogen) atoms. The fourth-order valence-corrected chi connectivity index (χ4v) is 5.53. The minimum atomic E-state index is -0.733. The lowest BCUT2D eigenvalue weighted by molar-refractivity contribution is -0.141. The second-order valence-electron chi connectivity index (χ2n) is 10.3. The minimum absolute atomic E-state index is 0.0641. The summed E-state index contributed by atoms with van der Waals surface area (Å²) in [5.74, 6) is 0.296. The van der Waals surface area contributed by atoms with Crippen LogP contribution in [0.25, 0.3) is 0 Å². The van der Waals surface area contributed by atoms with Crippen LogP contribution in [0.1, 0.15) is 70.6 Å². The molecule has 0 aromatic rings. The van der Waals surface area contributed by atoms with Crippen molar-refractivity contribution < 1.29 is 28.7 Å². The van der Waals surface area contributed by atoms with Gasteiger partial charge in [-0.05, 0) is 81.3 Å². The molecular weight excluding hydrogens is 450 g/mol. The molecule has 0 spiro atoms. The van der Waals surface area contributed by atoms with Gasteiger partial charge in [0, 0.05) is 6.54 Å². The van der Waals surface area contributed by atoms with Crippen LogP contribution < -0.4 is 11.1 Å². The first-order chi connectivity index (χ1) is 16.9. The zero-order chi connectivity index (χ0) is 24.9. The van der Waals surface area contributed by atoms with Crippen LogP contribution in [0.15, 0.2) is 17.4 Å². The molecule has 3 N–H and O–H groups in total. The lowest BCUT2D eigenvalue weighted by atomic mass is 10.1. The third-order valence-electron chi connectivity index (χ3n) is 7.73. The van der Waals surface area contributed by atoms with Crippen LogP contribution in [-0.2, 0) is 23.9 Å². The van der Waals surface area contributed by atoms with Crippen molar-refractivity contribution in [3.8, 4) is 0 Å². The van der Waals surface area contributed by atoms with Crippen LogP contribution in [0, 0.1) is 17.8 Å². The lowest BCUT2D eigenvalue weighted by Gasteiger charge is -2.28. The Morgan fingerprint density at radius 1 is 1.17 bits per heavy atom. The Morgan fingerprint density at radius 2 is 1.94 bits per heavy atom. The first-order valence-electron chi connectivity index (χ1n) is 13.0. The standard InChI is InChI=1S/C26H37N3O6/c1-34-25(32)20-15-16(20)8-5-3-2-4-6-9-21(24(31)29-11-7-10-22(29)23(27)30)28-26(33)35-19-13-17-12-18(17)14-19/h5,17-22H,2-4,6-7,9-15H2,1H3,(H2,27,30)(H,28,33)/t8?,17-,18+,19?,20-,21-,22-/m0/s1. The number of carbonyl (C=O) groups is 4. The van der Waals surface area contributed by atoms with E-state index in [-0.39, 0.29) is 23.9 Å². The number of alkyl carbamates (subject to hydrolysis) is 1. The van der Waals surface area contributed by atoms with Crippen molar-refractivity contribution in [2.24, 2.45) is 23.5 Å². The third kappa shape index (κ3) is 6.66. The van der Waals surface area contributed by atoms with E-state index >= 15 is 0 Å². The number of unbranched alkanes of at least 4 members (excludes halogenated alkanes) is 3. The summed E-state index contributed by atoms with van der Waals surface area (Å²) in [6, 6.07) is -1.34. The molecule has 4 aliphatic rings. The van der Waals surface area contributed by atoms with Crippen molar-refractivity contribution in [3.63, 3.8) is 0 Å². The van der Waals surface area contributed by atoms with Crippen molar-refractivity contribution in [2.45, 2.75) is 88.8 Å². The number of hydrogen-bond acceptors (Lipinski definition) is 6. The molecule has 4 fully saturated rings. The number of likely N-dealkylation sites (tertiary alicyclic amines) is 1. The van der Waals surface area contributed by atoms with Gasteiger partial charge in [-0.1, -0.05) is 12.8 Å². The highest BCUT2D eigenvalue weighted by atomic mass is 16.6. The molecule has 192 valence electrons. The Morgan fingerprint density at radius 3 is 2.66 bits per heavy atom. The maximum Gasteiger partial charge on any atom is 0.408 e. The van der Waals surface area contributed by atoms with Crippen molar-refractivity contribution in [2.75, 3.05) is 13.7 Å². The van der Waals surface area contributed by atoms with Crippen LogP contribution in [0.2, 0.25) is 0 Å². The second kappa shape index (κ2) is 11.3. The van der Waals surface area contributed by atoms with E-state index in [1.54, 1.807) is 0 Å². The highest BCUT2D eigenvalue weighted by Crippen LogP contribution is 2.52. The summed E-state index contributed by atoms with van der Waals surface area (Å²) in [4.78, 5) is 50.5. The molecular formula is C26H37N3O6. The maximum absolute atomic E-state index is 13.2. The molecule has 0 bridgehead atoms. The number of carbonyl (C=O) groups excluding carboxylic acids is 4. The second-order valence-corrected chi connectivity index (χ2v) is 10.3. The molecule has 9 heteroatoms. The largest absolute Gasteiger partial charge is 0.469 e. The molecule has 0 aromatic carbocycles. The Labute approximate surface area is 206 Å². The van der Waals surface area contributed by atoms with E-state index in [1.807, 2.05) is 6.08 Å². The van der Waals surface area contributed by atoms with E-state index in [4.69, 9.17) is 15.2 Å². The van der Waals surface area contributed by atoms with Crippen LogP contribution in [0.3, 0.4) is 0 Å². The smallest absolute Gasteiger partial charge is 0.408 e. The van der Waals surface area contributed by atoms with Gasteiger partial charge in [-0.2, -0.15) is 0 Å². The van der Waals surface area contributed by atoms with Crippen molar-refractivity contribution in [1.82, 2.24) is 10.2 Å². The number of rotatable bonds is 11. The van der Waals surface area contributed by atoms with E-state index in [9.17, 15) is 19.2 Å². The highest BCUT2D eigenvalue weighted by molar-refractivity contribution is 5.91. The summed E-state index contributed by atoms with van der Waals surface area (Å²) in [5.41, 5.74) is 9.66. The van der Waals surface area contributed by atoms with Crippen LogP contribution >= 0.6 is 0 Å². The zero-order valence-electron chi connectivity index (χ0n) is 20.5. The minimum Gasteiger partial charge on any atom is -0.469 e. The number of nitrogens with zero attached hydrogens (tertiary/aromatic N) is 1. The number of ether oxygens (including phenoxy) is 2. The molecule has 3 aliphatic carbocycles. The lowest BCUT2D eigenvalue weighted by Crippen LogP contribution is -2.53. The molecule has 4 rings (SSSR count). The van der Waals surface area contributed by atoms with Gasteiger partial charge in [-0.15, -0.1) is 5.73 Å². The van der Waals surface area contributed by atoms with E-state index in [0.717, 1.165) is 56.9 Å². The van der Waals surface area contributed by atoms with Crippen LogP contribution in [-0.4, -0.2) is 60.6 Å². The first-order valence-corrected chi connectivity index (χ1v) is 13.0. The van der Waals surface area contributed by atoms with Gasteiger partial charge in [0.25, 0.3) is 0 Å². The van der Waals surface area contributed by atoms with Crippen molar-refractivity contribution >= 4 is 23.9 Å². The number of nitrogens with one attached hydrogen (secondary N) is 1. The summed E-state index contributed by atoms with van der Waals surface area (Å²) in [7, 11) is 1.39. The molecule has 3 saturated carbocycles. The van der Waals surface area contributed by atoms with Gasteiger partial charge in [-0.25, -0.2) is 4.79 Å². The van der Waals surface area contributed by atoms with E-state index < -0.39 is 24.1 Å². The van der Waals surface area contributed by atoms with Gasteiger partial charge in [-0.3, -0.25) is 14.4 Å². The van der Waals surface area contributed by atoms with Gasteiger partial charge in [0.15, 0.2) is 0 Å². The molecule has 3 amide bonds. The summed E-state index contributed by atoms with van der Waals surface area (Å²) in [6.45, 7) is 0.470. The molecule has 6 atom stereocenters. The van der Waals surface area contributed by atoms with Crippen molar-refractivity contribution in [3.05, 3.63) is 17.4 Å². The number of amides is 3. The molecule has 1 heterocycles. The zero-order valence-corrected chi connectivity index (χ0v) is 20.5. The average molecular weight is 488 g/mol. The fraction of sp³-hybridized carbons (Fsp3) is 0.731. The Balaban J connectivity index is 1.24. The summed E-state index contributed by atoms with van der Waals surface area (Å²) in [5, 5.41) is 2.78. The highest BCUT2D eigenvalue weighted by Gasteiger charge is 2.47. The predicted molar refractivity (Wildman–Crippen MR) is 127 cm³/mol.